The molecule has 0 saturated heterocycles. The van der Waals surface area contributed by atoms with Crippen molar-refractivity contribution in [3.8, 4) is 0 Å². The van der Waals surface area contributed by atoms with Gasteiger partial charge in [-0.1, -0.05) is 13.3 Å². The van der Waals surface area contributed by atoms with Crippen molar-refractivity contribution in [1.29, 1.82) is 0 Å². The van der Waals surface area contributed by atoms with E-state index in [0.29, 0.717) is 5.76 Å². The molecule has 0 bridgehead atoms. The molecule has 1 rings (SSSR count). The lowest BCUT2D eigenvalue weighted by Crippen LogP contribution is -2.20. The second kappa shape index (κ2) is 4.84. The highest BCUT2D eigenvalue weighted by Gasteiger charge is 2.12. The summed E-state index contributed by atoms with van der Waals surface area (Å²) in [6, 6.07) is 1.83. The fourth-order valence-corrected chi connectivity index (χ4v) is 1.22. The van der Waals surface area contributed by atoms with Crippen molar-refractivity contribution >= 4 is 5.91 Å². The zero-order valence-corrected chi connectivity index (χ0v) is 9.04. The molecule has 0 aromatic carbocycles. The van der Waals surface area contributed by atoms with E-state index in [1.165, 1.54) is 4.90 Å². The zero-order valence-electron chi connectivity index (χ0n) is 9.04. The van der Waals surface area contributed by atoms with Gasteiger partial charge in [-0.25, -0.2) is 0 Å². The smallest absolute Gasteiger partial charge is 0.289 e. The summed E-state index contributed by atoms with van der Waals surface area (Å²) in [6.45, 7) is 2.14. The molecule has 0 unspecified atom stereocenters. The molecule has 0 aliphatic heterocycles. The summed E-state index contributed by atoms with van der Waals surface area (Å²) in [5.74, 6) is 0.355. The molecule has 1 aromatic rings. The van der Waals surface area contributed by atoms with Gasteiger partial charge in [-0.15, -0.1) is 0 Å². The number of hydrogen-bond donors (Lipinski definition) is 0. The van der Waals surface area contributed by atoms with Gasteiger partial charge in [0, 0.05) is 14.1 Å². The summed E-state index contributed by atoms with van der Waals surface area (Å²) in [7, 11) is 3.44. The molecule has 3 heteroatoms. The van der Waals surface area contributed by atoms with Crippen LogP contribution in [0.2, 0.25) is 0 Å². The van der Waals surface area contributed by atoms with Gasteiger partial charge >= 0.3 is 0 Å². The molecular weight excluding hydrogens is 178 g/mol. The SMILES string of the molecule is CCCCc1coc(C(=O)N(C)C)c1. The predicted octanol–water partition coefficient (Wildman–Crippen LogP) is 2.32. The number of rotatable bonds is 4. The molecule has 1 aromatic heterocycles. The largest absolute Gasteiger partial charge is 0.459 e. The van der Waals surface area contributed by atoms with E-state index >= 15 is 0 Å². The maximum atomic E-state index is 11.5. The summed E-state index contributed by atoms with van der Waals surface area (Å²) < 4.78 is 5.19. The van der Waals surface area contributed by atoms with E-state index in [9.17, 15) is 4.79 Å². The summed E-state index contributed by atoms with van der Waals surface area (Å²) >= 11 is 0. The lowest BCUT2D eigenvalue weighted by atomic mass is 10.1. The summed E-state index contributed by atoms with van der Waals surface area (Å²) in [6.07, 6.45) is 4.95. The highest BCUT2D eigenvalue weighted by Crippen LogP contribution is 2.12. The first-order chi connectivity index (χ1) is 6.65. The van der Waals surface area contributed by atoms with Crippen LogP contribution in [-0.4, -0.2) is 24.9 Å². The highest BCUT2D eigenvalue weighted by molar-refractivity contribution is 5.91. The van der Waals surface area contributed by atoms with Crippen LogP contribution in [0.4, 0.5) is 0 Å². The van der Waals surface area contributed by atoms with Crippen LogP contribution in [0.1, 0.15) is 35.9 Å². The van der Waals surface area contributed by atoms with Crippen LogP contribution in [0.5, 0.6) is 0 Å². The maximum Gasteiger partial charge on any atom is 0.289 e. The molecule has 0 saturated carbocycles. The molecule has 0 aliphatic rings. The minimum atomic E-state index is -0.0762. The quantitative estimate of drug-likeness (QED) is 0.738. The number of carbonyl (C=O) groups is 1. The van der Waals surface area contributed by atoms with E-state index in [0.717, 1.165) is 24.8 Å². The van der Waals surface area contributed by atoms with E-state index in [-0.39, 0.29) is 5.91 Å². The Labute approximate surface area is 84.7 Å². The zero-order chi connectivity index (χ0) is 10.6. The molecule has 14 heavy (non-hydrogen) atoms. The van der Waals surface area contributed by atoms with Crippen LogP contribution >= 0.6 is 0 Å². The van der Waals surface area contributed by atoms with E-state index in [1.807, 2.05) is 6.07 Å². The van der Waals surface area contributed by atoms with Crippen LogP contribution < -0.4 is 0 Å². The number of furan rings is 1. The van der Waals surface area contributed by atoms with Gasteiger partial charge in [0.25, 0.3) is 5.91 Å². The molecule has 0 N–H and O–H groups in total. The van der Waals surface area contributed by atoms with Crippen molar-refractivity contribution in [2.75, 3.05) is 14.1 Å². The van der Waals surface area contributed by atoms with Crippen LogP contribution in [-0.2, 0) is 6.42 Å². The summed E-state index contributed by atoms with van der Waals surface area (Å²) in [5, 5.41) is 0. The first-order valence-corrected chi connectivity index (χ1v) is 4.94. The first-order valence-electron chi connectivity index (χ1n) is 4.94. The van der Waals surface area contributed by atoms with Gasteiger partial charge in [0.2, 0.25) is 0 Å². The molecule has 0 atom stereocenters. The minimum Gasteiger partial charge on any atom is -0.459 e. The average molecular weight is 195 g/mol. The topological polar surface area (TPSA) is 33.5 Å². The fourth-order valence-electron chi connectivity index (χ4n) is 1.22. The Bertz CT molecular complexity index is 302. The molecule has 0 aliphatic carbocycles. The highest BCUT2D eigenvalue weighted by atomic mass is 16.3. The van der Waals surface area contributed by atoms with Crippen molar-refractivity contribution in [2.24, 2.45) is 0 Å². The number of unbranched alkanes of at least 4 members (excludes halogenated alkanes) is 1. The van der Waals surface area contributed by atoms with E-state index < -0.39 is 0 Å². The Morgan fingerprint density at radius 1 is 1.50 bits per heavy atom. The van der Waals surface area contributed by atoms with Crippen molar-refractivity contribution < 1.29 is 9.21 Å². The molecule has 1 heterocycles. The van der Waals surface area contributed by atoms with Crippen molar-refractivity contribution in [3.05, 3.63) is 23.7 Å². The van der Waals surface area contributed by atoms with Crippen molar-refractivity contribution in [3.63, 3.8) is 0 Å². The monoisotopic (exact) mass is 195 g/mol. The number of nitrogens with zero attached hydrogens (tertiary/aromatic N) is 1. The van der Waals surface area contributed by atoms with Gasteiger partial charge in [-0.05, 0) is 24.5 Å². The number of aryl methyl sites for hydroxylation is 1. The number of carbonyl (C=O) groups excluding carboxylic acids is 1. The Hall–Kier alpha value is -1.25. The third kappa shape index (κ3) is 2.62. The van der Waals surface area contributed by atoms with Gasteiger partial charge < -0.3 is 9.32 Å². The Kier molecular flexibility index (Phi) is 3.74. The molecule has 1 amide bonds. The molecule has 3 nitrogen and oxygen atoms in total. The summed E-state index contributed by atoms with van der Waals surface area (Å²) in [4.78, 5) is 13.0. The van der Waals surface area contributed by atoms with E-state index in [2.05, 4.69) is 6.92 Å². The van der Waals surface area contributed by atoms with Crippen molar-refractivity contribution in [1.82, 2.24) is 4.90 Å². The van der Waals surface area contributed by atoms with E-state index in [1.54, 1.807) is 20.4 Å². The van der Waals surface area contributed by atoms with Crippen LogP contribution in [0.3, 0.4) is 0 Å². The molecule has 0 spiro atoms. The van der Waals surface area contributed by atoms with E-state index in [4.69, 9.17) is 4.42 Å². The number of amides is 1. The van der Waals surface area contributed by atoms with Crippen molar-refractivity contribution in [2.45, 2.75) is 26.2 Å². The lowest BCUT2D eigenvalue weighted by molar-refractivity contribution is 0.0797. The molecule has 0 radical (unpaired) electrons. The third-order valence-electron chi connectivity index (χ3n) is 2.09. The lowest BCUT2D eigenvalue weighted by Gasteiger charge is -2.06. The fraction of sp³-hybridized carbons (Fsp3) is 0.545. The van der Waals surface area contributed by atoms with Crippen LogP contribution in [0.15, 0.2) is 16.7 Å². The second-order valence-electron chi connectivity index (χ2n) is 3.62. The Balaban J connectivity index is 2.63. The standard InChI is InChI=1S/C11H17NO2/c1-4-5-6-9-7-10(14-8-9)11(13)12(2)3/h7-8H,4-6H2,1-3H3. The van der Waals surface area contributed by atoms with Gasteiger partial charge in [-0.3, -0.25) is 4.79 Å². The number of hydrogen-bond acceptors (Lipinski definition) is 2. The Morgan fingerprint density at radius 2 is 2.21 bits per heavy atom. The second-order valence-corrected chi connectivity index (χ2v) is 3.62. The molecular formula is C11H17NO2. The molecule has 0 fully saturated rings. The predicted molar refractivity (Wildman–Crippen MR) is 55.3 cm³/mol. The van der Waals surface area contributed by atoms with Crippen LogP contribution in [0, 0.1) is 0 Å². The average Bonchev–Trinajstić information content (AvgIpc) is 2.61. The first kappa shape index (κ1) is 10.8. The van der Waals surface area contributed by atoms with Gasteiger partial charge in [0.1, 0.15) is 0 Å². The normalized spacial score (nSPS) is 10.2. The molecule has 78 valence electrons. The minimum absolute atomic E-state index is 0.0762. The van der Waals surface area contributed by atoms with Gasteiger partial charge in [-0.2, -0.15) is 0 Å². The summed E-state index contributed by atoms with van der Waals surface area (Å²) in [5.41, 5.74) is 1.11. The Morgan fingerprint density at radius 3 is 2.79 bits per heavy atom. The van der Waals surface area contributed by atoms with Gasteiger partial charge in [0.15, 0.2) is 5.76 Å². The van der Waals surface area contributed by atoms with Gasteiger partial charge in [0.05, 0.1) is 6.26 Å². The maximum absolute atomic E-state index is 11.5. The third-order valence-corrected chi connectivity index (χ3v) is 2.09. The van der Waals surface area contributed by atoms with Crippen LogP contribution in [0.25, 0.3) is 0 Å².